The number of phenols is 1. The van der Waals surface area contributed by atoms with Crippen molar-refractivity contribution in [1.29, 1.82) is 0 Å². The summed E-state index contributed by atoms with van der Waals surface area (Å²) in [5.41, 5.74) is 2.20. The fourth-order valence-electron chi connectivity index (χ4n) is 2.06. The van der Waals surface area contributed by atoms with Crippen molar-refractivity contribution in [2.75, 3.05) is 0 Å². The van der Waals surface area contributed by atoms with Crippen LogP contribution in [-0.4, -0.2) is 20.7 Å². The van der Waals surface area contributed by atoms with Crippen molar-refractivity contribution in [1.82, 2.24) is 9.78 Å². The molecule has 0 amide bonds. The highest BCUT2D eigenvalue weighted by atomic mass is 16.3. The molecule has 2 aromatic rings. The molecule has 80 valence electrons. The van der Waals surface area contributed by atoms with Crippen LogP contribution in [0, 0.1) is 0 Å². The molecule has 0 bridgehead atoms. The second-order valence-electron chi connectivity index (χ2n) is 3.83. The molecular weight excluding hydrogens is 204 g/mol. The first-order valence-corrected chi connectivity index (χ1v) is 5.16. The standard InChI is InChI=1S/C12H10N2O2/c15-11-6-5-9-8(11)7-13-14(9)10-3-1-2-4-12(10)16/h1-4,7,16H,5-6H2. The van der Waals surface area contributed by atoms with E-state index in [0.29, 0.717) is 24.1 Å². The van der Waals surface area contributed by atoms with Gasteiger partial charge in [-0.3, -0.25) is 4.79 Å². The maximum Gasteiger partial charge on any atom is 0.166 e. The van der Waals surface area contributed by atoms with E-state index in [9.17, 15) is 9.90 Å². The molecule has 1 aliphatic rings. The lowest BCUT2D eigenvalue weighted by atomic mass is 10.2. The van der Waals surface area contributed by atoms with Crippen molar-refractivity contribution >= 4 is 5.78 Å². The molecule has 0 radical (unpaired) electrons. The van der Waals surface area contributed by atoms with Crippen LogP contribution >= 0.6 is 0 Å². The van der Waals surface area contributed by atoms with Crippen LogP contribution < -0.4 is 0 Å². The third-order valence-electron chi connectivity index (χ3n) is 2.87. The minimum atomic E-state index is 0.136. The number of carbonyl (C=O) groups excluding carboxylic acids is 1. The summed E-state index contributed by atoms with van der Waals surface area (Å²) in [5, 5.41) is 13.9. The highest BCUT2D eigenvalue weighted by Crippen LogP contribution is 2.27. The zero-order chi connectivity index (χ0) is 11.1. The van der Waals surface area contributed by atoms with Gasteiger partial charge in [0.15, 0.2) is 5.78 Å². The van der Waals surface area contributed by atoms with Crippen molar-refractivity contribution in [3.8, 4) is 11.4 Å². The van der Waals surface area contributed by atoms with Gasteiger partial charge in [0, 0.05) is 6.42 Å². The van der Waals surface area contributed by atoms with E-state index in [4.69, 9.17) is 0 Å². The van der Waals surface area contributed by atoms with Gasteiger partial charge in [0.2, 0.25) is 0 Å². The van der Waals surface area contributed by atoms with Gasteiger partial charge >= 0.3 is 0 Å². The molecule has 4 nitrogen and oxygen atoms in total. The van der Waals surface area contributed by atoms with E-state index in [1.165, 1.54) is 0 Å². The van der Waals surface area contributed by atoms with Crippen LogP contribution in [0.15, 0.2) is 30.5 Å². The average molecular weight is 214 g/mol. The van der Waals surface area contributed by atoms with E-state index in [2.05, 4.69) is 5.10 Å². The number of phenolic OH excluding ortho intramolecular Hbond substituents is 1. The van der Waals surface area contributed by atoms with Gasteiger partial charge in [0.25, 0.3) is 0 Å². The molecule has 4 heteroatoms. The quantitative estimate of drug-likeness (QED) is 0.786. The highest BCUT2D eigenvalue weighted by Gasteiger charge is 2.25. The molecule has 0 fully saturated rings. The Balaban J connectivity index is 2.19. The van der Waals surface area contributed by atoms with E-state index in [0.717, 1.165) is 5.69 Å². The zero-order valence-corrected chi connectivity index (χ0v) is 8.55. The summed E-state index contributed by atoms with van der Waals surface area (Å²) in [4.78, 5) is 11.5. The molecule has 3 rings (SSSR count). The van der Waals surface area contributed by atoms with Crippen molar-refractivity contribution in [2.24, 2.45) is 0 Å². The van der Waals surface area contributed by atoms with Gasteiger partial charge in [-0.1, -0.05) is 12.1 Å². The monoisotopic (exact) mass is 214 g/mol. The number of hydrogen-bond acceptors (Lipinski definition) is 3. The molecule has 16 heavy (non-hydrogen) atoms. The Kier molecular flexibility index (Phi) is 1.83. The number of benzene rings is 1. The van der Waals surface area contributed by atoms with Gasteiger partial charge < -0.3 is 5.11 Å². The third-order valence-corrected chi connectivity index (χ3v) is 2.87. The first-order valence-electron chi connectivity index (χ1n) is 5.16. The minimum absolute atomic E-state index is 0.136. The first kappa shape index (κ1) is 9.15. The number of para-hydroxylation sites is 2. The molecule has 0 unspecified atom stereocenters. The number of aromatic hydroxyl groups is 1. The predicted molar refractivity (Wildman–Crippen MR) is 57.9 cm³/mol. The van der Waals surface area contributed by atoms with Crippen LogP contribution in [0.5, 0.6) is 5.75 Å². The molecule has 0 atom stereocenters. The second kappa shape index (κ2) is 3.20. The van der Waals surface area contributed by atoms with Crippen LogP contribution in [0.4, 0.5) is 0 Å². The second-order valence-corrected chi connectivity index (χ2v) is 3.83. The molecule has 1 aromatic heterocycles. The van der Waals surface area contributed by atoms with Gasteiger partial charge in [-0.15, -0.1) is 0 Å². The lowest BCUT2D eigenvalue weighted by Gasteiger charge is -2.06. The fourth-order valence-corrected chi connectivity index (χ4v) is 2.06. The van der Waals surface area contributed by atoms with E-state index in [1.807, 2.05) is 6.07 Å². The number of rotatable bonds is 1. The number of carbonyl (C=O) groups is 1. The van der Waals surface area contributed by atoms with Gasteiger partial charge in [-0.05, 0) is 18.6 Å². The largest absolute Gasteiger partial charge is 0.506 e. The van der Waals surface area contributed by atoms with E-state index in [-0.39, 0.29) is 11.5 Å². The van der Waals surface area contributed by atoms with Crippen molar-refractivity contribution in [3.05, 3.63) is 41.7 Å². The summed E-state index contributed by atoms with van der Waals surface area (Å²) in [6.07, 6.45) is 2.82. The van der Waals surface area contributed by atoms with E-state index in [1.54, 1.807) is 29.1 Å². The molecule has 0 saturated carbocycles. The summed E-state index contributed by atoms with van der Waals surface area (Å²) < 4.78 is 1.65. The molecule has 0 spiro atoms. The van der Waals surface area contributed by atoms with E-state index < -0.39 is 0 Å². The Bertz CT molecular complexity index is 572. The summed E-state index contributed by atoms with van der Waals surface area (Å²) in [6, 6.07) is 6.99. The maximum absolute atomic E-state index is 11.5. The van der Waals surface area contributed by atoms with Crippen molar-refractivity contribution in [2.45, 2.75) is 12.8 Å². The van der Waals surface area contributed by atoms with Crippen LogP contribution in [0.25, 0.3) is 5.69 Å². The zero-order valence-electron chi connectivity index (χ0n) is 8.55. The third kappa shape index (κ3) is 1.16. The average Bonchev–Trinajstić information content (AvgIpc) is 2.83. The molecular formula is C12H10N2O2. The smallest absolute Gasteiger partial charge is 0.166 e. The van der Waals surface area contributed by atoms with Crippen molar-refractivity contribution in [3.63, 3.8) is 0 Å². The van der Waals surface area contributed by atoms with Crippen LogP contribution in [-0.2, 0) is 6.42 Å². The van der Waals surface area contributed by atoms with Gasteiger partial charge in [-0.2, -0.15) is 5.10 Å². The Hall–Kier alpha value is -2.10. The highest BCUT2D eigenvalue weighted by molar-refractivity contribution is 5.99. The fraction of sp³-hybridized carbons (Fsp3) is 0.167. The molecule has 0 saturated heterocycles. The van der Waals surface area contributed by atoms with Crippen LogP contribution in [0.2, 0.25) is 0 Å². The number of hydrogen-bond donors (Lipinski definition) is 1. The number of Topliss-reactive ketones (excluding diaryl/α,β-unsaturated/α-hetero) is 1. The molecule has 1 aliphatic carbocycles. The number of fused-ring (bicyclic) bond motifs is 1. The Labute approximate surface area is 92.1 Å². The summed E-state index contributed by atoms with van der Waals surface area (Å²) in [6.45, 7) is 0. The molecule has 1 heterocycles. The van der Waals surface area contributed by atoms with E-state index >= 15 is 0 Å². The SMILES string of the molecule is O=C1CCc2c1cnn2-c1ccccc1O. The Morgan fingerprint density at radius 1 is 1.25 bits per heavy atom. The normalized spacial score (nSPS) is 14.1. The topological polar surface area (TPSA) is 55.1 Å². The summed E-state index contributed by atoms with van der Waals surface area (Å²) in [7, 11) is 0. The lowest BCUT2D eigenvalue weighted by Crippen LogP contribution is -2.00. The molecule has 1 aromatic carbocycles. The van der Waals surface area contributed by atoms with Gasteiger partial charge in [0.05, 0.1) is 17.5 Å². The van der Waals surface area contributed by atoms with Crippen LogP contribution in [0.3, 0.4) is 0 Å². The van der Waals surface area contributed by atoms with Gasteiger partial charge in [0.1, 0.15) is 11.4 Å². The summed E-state index contributed by atoms with van der Waals surface area (Å²) in [5.74, 6) is 0.310. The van der Waals surface area contributed by atoms with Gasteiger partial charge in [-0.25, -0.2) is 4.68 Å². The number of nitrogens with zero attached hydrogens (tertiary/aromatic N) is 2. The lowest BCUT2D eigenvalue weighted by molar-refractivity contribution is 0.0994. The maximum atomic E-state index is 11.5. The van der Waals surface area contributed by atoms with Crippen LogP contribution in [0.1, 0.15) is 22.5 Å². The summed E-state index contributed by atoms with van der Waals surface area (Å²) >= 11 is 0. The Morgan fingerprint density at radius 2 is 2.06 bits per heavy atom. The minimum Gasteiger partial charge on any atom is -0.506 e. The molecule has 0 aliphatic heterocycles. The Morgan fingerprint density at radius 3 is 2.88 bits per heavy atom. The number of ketones is 1. The molecule has 1 N–H and O–H groups in total. The first-order chi connectivity index (χ1) is 7.77. The number of aromatic nitrogens is 2. The van der Waals surface area contributed by atoms with Crippen molar-refractivity contribution < 1.29 is 9.90 Å². The predicted octanol–water partition coefficient (Wildman–Crippen LogP) is 1.71.